The van der Waals surface area contributed by atoms with Crippen LogP contribution in [-0.2, 0) is 11.2 Å². The molecule has 6 heteroatoms. The highest BCUT2D eigenvalue weighted by Gasteiger charge is 2.32. The number of likely N-dealkylation sites (tertiary alicyclic amines) is 1. The van der Waals surface area contributed by atoms with Crippen LogP contribution < -0.4 is 0 Å². The molecule has 2 atom stereocenters. The SMILES string of the molecule is O=C(CCc1c(-c2ccc(F)cc2)[nH]c2ccccc12)N1C[C@@H](O)[C@H](O)C1. The summed E-state index contributed by atoms with van der Waals surface area (Å²) in [7, 11) is 0. The number of aromatic nitrogens is 1. The first kappa shape index (κ1) is 17.7. The van der Waals surface area contributed by atoms with Crippen molar-refractivity contribution in [1.82, 2.24) is 9.88 Å². The number of halogens is 1. The quantitative estimate of drug-likeness (QED) is 0.662. The summed E-state index contributed by atoms with van der Waals surface area (Å²) in [6.45, 7) is 0.331. The number of aliphatic hydroxyl groups excluding tert-OH is 2. The number of fused-ring (bicyclic) bond motifs is 1. The van der Waals surface area contributed by atoms with E-state index in [-0.39, 0.29) is 31.2 Å². The minimum atomic E-state index is -0.878. The van der Waals surface area contributed by atoms with E-state index < -0.39 is 12.2 Å². The summed E-state index contributed by atoms with van der Waals surface area (Å²) in [6, 6.07) is 14.1. The van der Waals surface area contributed by atoms with Crippen molar-refractivity contribution in [2.75, 3.05) is 13.1 Å². The van der Waals surface area contributed by atoms with Gasteiger partial charge in [0.1, 0.15) is 5.82 Å². The molecule has 0 bridgehead atoms. The van der Waals surface area contributed by atoms with Gasteiger partial charge in [0.2, 0.25) is 5.91 Å². The molecule has 0 unspecified atom stereocenters. The van der Waals surface area contributed by atoms with Crippen molar-refractivity contribution >= 4 is 16.8 Å². The van der Waals surface area contributed by atoms with Crippen molar-refractivity contribution < 1.29 is 19.4 Å². The molecule has 3 N–H and O–H groups in total. The number of carbonyl (C=O) groups is 1. The third kappa shape index (κ3) is 3.46. The highest BCUT2D eigenvalue weighted by Crippen LogP contribution is 2.31. The first-order chi connectivity index (χ1) is 13.0. The van der Waals surface area contributed by atoms with Gasteiger partial charge in [-0.3, -0.25) is 4.79 Å². The summed E-state index contributed by atoms with van der Waals surface area (Å²) < 4.78 is 13.3. The lowest BCUT2D eigenvalue weighted by atomic mass is 10.0. The average molecular weight is 368 g/mol. The normalized spacial score (nSPS) is 19.7. The Hall–Kier alpha value is -2.70. The van der Waals surface area contributed by atoms with Gasteiger partial charge >= 0.3 is 0 Å². The van der Waals surface area contributed by atoms with E-state index in [0.29, 0.717) is 6.42 Å². The summed E-state index contributed by atoms with van der Waals surface area (Å²) >= 11 is 0. The van der Waals surface area contributed by atoms with E-state index in [1.165, 1.54) is 17.0 Å². The molecular formula is C21H21FN2O3. The van der Waals surface area contributed by atoms with Crippen molar-refractivity contribution in [3.05, 3.63) is 59.9 Å². The second-order valence-corrected chi connectivity index (χ2v) is 6.96. The van der Waals surface area contributed by atoms with E-state index in [1.54, 1.807) is 12.1 Å². The summed E-state index contributed by atoms with van der Waals surface area (Å²) in [5.74, 6) is -0.390. The highest BCUT2D eigenvalue weighted by molar-refractivity contribution is 5.91. The van der Waals surface area contributed by atoms with Gasteiger partial charge in [-0.25, -0.2) is 4.39 Å². The first-order valence-corrected chi connectivity index (χ1v) is 9.02. The maximum Gasteiger partial charge on any atom is 0.223 e. The zero-order chi connectivity index (χ0) is 19.0. The molecule has 1 amide bonds. The lowest BCUT2D eigenvalue weighted by molar-refractivity contribution is -0.130. The standard InChI is InChI=1S/C21H21FN2O3/c22-14-7-5-13(6-8-14)21-16(15-3-1-2-4-17(15)23-21)9-10-20(27)24-11-18(25)19(26)12-24/h1-8,18-19,23,25-26H,9-12H2/t18-,19-/m1/s1. The number of nitrogens with one attached hydrogen (secondary N) is 1. The fourth-order valence-corrected chi connectivity index (χ4v) is 3.69. The number of carbonyl (C=O) groups excluding carboxylic acids is 1. The topological polar surface area (TPSA) is 76.6 Å². The molecule has 1 fully saturated rings. The number of hydrogen-bond acceptors (Lipinski definition) is 3. The number of aryl methyl sites for hydroxylation is 1. The third-order valence-corrected chi connectivity index (χ3v) is 5.15. The molecule has 1 saturated heterocycles. The molecule has 0 saturated carbocycles. The van der Waals surface area contributed by atoms with Crippen molar-refractivity contribution in [1.29, 1.82) is 0 Å². The van der Waals surface area contributed by atoms with Crippen molar-refractivity contribution in [3.63, 3.8) is 0 Å². The Bertz CT molecular complexity index is 957. The zero-order valence-electron chi connectivity index (χ0n) is 14.7. The Morgan fingerprint density at radius 2 is 1.74 bits per heavy atom. The molecule has 5 nitrogen and oxygen atoms in total. The molecule has 0 aliphatic carbocycles. The molecule has 3 aromatic rings. The van der Waals surface area contributed by atoms with Gasteiger partial charge in [0.15, 0.2) is 0 Å². The minimum absolute atomic E-state index is 0.0964. The molecule has 2 aromatic carbocycles. The maximum atomic E-state index is 13.3. The number of rotatable bonds is 4. The number of para-hydroxylation sites is 1. The predicted molar refractivity (Wildman–Crippen MR) is 101 cm³/mol. The van der Waals surface area contributed by atoms with E-state index in [0.717, 1.165) is 27.7 Å². The smallest absolute Gasteiger partial charge is 0.223 e. The zero-order valence-corrected chi connectivity index (χ0v) is 14.7. The van der Waals surface area contributed by atoms with Crippen LogP contribution >= 0.6 is 0 Å². The fraction of sp³-hybridized carbons (Fsp3) is 0.286. The third-order valence-electron chi connectivity index (χ3n) is 5.15. The second kappa shape index (κ2) is 7.13. The second-order valence-electron chi connectivity index (χ2n) is 6.96. The fourth-order valence-electron chi connectivity index (χ4n) is 3.69. The van der Waals surface area contributed by atoms with Crippen LogP contribution in [0.5, 0.6) is 0 Å². The van der Waals surface area contributed by atoms with Crippen LogP contribution in [0.15, 0.2) is 48.5 Å². The Kier molecular flexibility index (Phi) is 4.68. The van der Waals surface area contributed by atoms with Crippen LogP contribution in [0.4, 0.5) is 4.39 Å². The Morgan fingerprint density at radius 3 is 2.44 bits per heavy atom. The van der Waals surface area contributed by atoms with Gasteiger partial charge in [-0.05, 0) is 47.9 Å². The number of hydrogen-bond donors (Lipinski definition) is 3. The Morgan fingerprint density at radius 1 is 1.07 bits per heavy atom. The van der Waals surface area contributed by atoms with Crippen molar-refractivity contribution in [2.24, 2.45) is 0 Å². The van der Waals surface area contributed by atoms with E-state index in [4.69, 9.17) is 0 Å². The number of aliphatic hydroxyl groups is 2. The number of amides is 1. The monoisotopic (exact) mass is 368 g/mol. The summed E-state index contributed by atoms with van der Waals surface area (Å²) in [6.07, 6.45) is -0.970. The molecular weight excluding hydrogens is 347 g/mol. The molecule has 1 aliphatic heterocycles. The van der Waals surface area contributed by atoms with Gasteiger partial charge in [0.05, 0.1) is 12.2 Å². The van der Waals surface area contributed by atoms with Gasteiger partial charge in [0.25, 0.3) is 0 Å². The van der Waals surface area contributed by atoms with Gasteiger partial charge in [-0.1, -0.05) is 18.2 Å². The number of aromatic amines is 1. The maximum absolute atomic E-state index is 13.3. The Labute approximate surface area is 156 Å². The number of H-pyrrole nitrogens is 1. The lowest BCUT2D eigenvalue weighted by Crippen LogP contribution is -2.29. The van der Waals surface area contributed by atoms with Crippen LogP contribution in [-0.4, -0.2) is 51.3 Å². The largest absolute Gasteiger partial charge is 0.388 e. The average Bonchev–Trinajstić information content (AvgIpc) is 3.20. The van der Waals surface area contributed by atoms with Crippen molar-refractivity contribution in [2.45, 2.75) is 25.0 Å². The molecule has 27 heavy (non-hydrogen) atoms. The van der Waals surface area contributed by atoms with E-state index in [2.05, 4.69) is 4.98 Å². The minimum Gasteiger partial charge on any atom is -0.388 e. The van der Waals surface area contributed by atoms with Crippen LogP contribution in [0, 0.1) is 5.82 Å². The molecule has 1 aliphatic rings. The molecule has 140 valence electrons. The lowest BCUT2D eigenvalue weighted by Gasteiger charge is -2.15. The summed E-state index contributed by atoms with van der Waals surface area (Å²) in [5, 5.41) is 20.3. The van der Waals surface area contributed by atoms with Crippen molar-refractivity contribution in [3.8, 4) is 11.3 Å². The Balaban J connectivity index is 1.61. The van der Waals surface area contributed by atoms with Gasteiger partial charge in [0, 0.05) is 36.1 Å². The van der Waals surface area contributed by atoms with Crippen LogP contribution in [0.2, 0.25) is 0 Å². The van der Waals surface area contributed by atoms with E-state index >= 15 is 0 Å². The summed E-state index contributed by atoms with van der Waals surface area (Å²) in [5.41, 5.74) is 3.71. The number of β-amino-alcohol motifs (C(OH)–C–C–N with tert-alkyl or cyclic N) is 2. The van der Waals surface area contributed by atoms with E-state index in [9.17, 15) is 19.4 Å². The van der Waals surface area contributed by atoms with Crippen LogP contribution in [0.25, 0.3) is 22.2 Å². The van der Waals surface area contributed by atoms with Gasteiger partial charge in [-0.15, -0.1) is 0 Å². The van der Waals surface area contributed by atoms with Crippen LogP contribution in [0.1, 0.15) is 12.0 Å². The van der Waals surface area contributed by atoms with Gasteiger partial charge in [-0.2, -0.15) is 0 Å². The highest BCUT2D eigenvalue weighted by atomic mass is 19.1. The van der Waals surface area contributed by atoms with Crippen LogP contribution in [0.3, 0.4) is 0 Å². The molecule has 0 spiro atoms. The molecule has 0 radical (unpaired) electrons. The molecule has 1 aromatic heterocycles. The predicted octanol–water partition coefficient (Wildman–Crippen LogP) is 2.47. The van der Waals surface area contributed by atoms with Gasteiger partial charge < -0.3 is 20.1 Å². The molecule has 4 rings (SSSR count). The van der Waals surface area contributed by atoms with E-state index in [1.807, 2.05) is 24.3 Å². The number of nitrogens with zero attached hydrogens (tertiary/aromatic N) is 1. The molecule has 2 heterocycles. The summed E-state index contributed by atoms with van der Waals surface area (Å²) in [4.78, 5) is 17.4. The number of benzene rings is 2. The first-order valence-electron chi connectivity index (χ1n) is 9.02.